The van der Waals surface area contributed by atoms with Crippen molar-refractivity contribution in [2.45, 2.75) is 26.7 Å². The van der Waals surface area contributed by atoms with Crippen LogP contribution in [0, 0.1) is 17.3 Å². The molecule has 2 amide bonds. The van der Waals surface area contributed by atoms with Gasteiger partial charge in [0, 0.05) is 11.6 Å². The highest BCUT2D eigenvalue weighted by molar-refractivity contribution is 5.96. The summed E-state index contributed by atoms with van der Waals surface area (Å²) in [6.45, 7) is 4.59. The summed E-state index contributed by atoms with van der Waals surface area (Å²) in [4.78, 5) is 23.3. The molecule has 26 heavy (non-hydrogen) atoms. The Bertz CT molecular complexity index is 808. The van der Waals surface area contributed by atoms with Crippen LogP contribution in [0.25, 0.3) is 6.08 Å². The molecule has 1 aromatic carbocycles. The Morgan fingerprint density at radius 3 is 2.85 bits per heavy atom. The van der Waals surface area contributed by atoms with E-state index in [1.807, 2.05) is 0 Å². The van der Waals surface area contributed by atoms with E-state index in [1.165, 1.54) is 29.6 Å². The number of nitrogens with one attached hydrogen (secondary N) is 2. The molecule has 2 unspecified atom stereocenters. The summed E-state index contributed by atoms with van der Waals surface area (Å²) in [5, 5.41) is 12.6. The van der Waals surface area contributed by atoms with Crippen molar-refractivity contribution in [1.29, 1.82) is 0 Å². The molecule has 6 heteroatoms. The van der Waals surface area contributed by atoms with E-state index in [4.69, 9.17) is 5.21 Å². The number of rotatable bonds is 5. The molecule has 6 nitrogen and oxygen atoms in total. The Hall–Kier alpha value is -2.73. The standard InChI is InChI=1S/C20H23N3O3/c1-20(2)16-8-7-15(17(20)11-16)12-21-22-19(25)14-5-3-4-13(10-14)6-9-18(24)23-26/h3-7,9-10,12,16-17,26H,8,11H2,1-2H3,(H,22,25)(H,23,24). The Kier molecular flexibility index (Phi) is 5.04. The van der Waals surface area contributed by atoms with Gasteiger partial charge >= 0.3 is 0 Å². The van der Waals surface area contributed by atoms with Crippen molar-refractivity contribution >= 4 is 24.1 Å². The number of carbonyl (C=O) groups is 2. The minimum Gasteiger partial charge on any atom is -0.288 e. The zero-order valence-corrected chi connectivity index (χ0v) is 14.9. The number of hydroxylamine groups is 1. The molecule has 0 aliphatic heterocycles. The number of amides is 2. The van der Waals surface area contributed by atoms with Crippen LogP contribution in [0.4, 0.5) is 0 Å². The first-order chi connectivity index (χ1) is 12.4. The van der Waals surface area contributed by atoms with Gasteiger partial charge in [0.25, 0.3) is 11.8 Å². The first-order valence-corrected chi connectivity index (χ1v) is 8.67. The zero-order valence-electron chi connectivity index (χ0n) is 14.9. The van der Waals surface area contributed by atoms with Crippen LogP contribution in [0.15, 0.2) is 47.1 Å². The average Bonchev–Trinajstić information content (AvgIpc) is 2.66. The molecule has 2 atom stereocenters. The van der Waals surface area contributed by atoms with Crippen molar-refractivity contribution < 1.29 is 14.8 Å². The molecule has 3 N–H and O–H groups in total. The molecule has 2 bridgehead atoms. The number of benzene rings is 1. The third-order valence-corrected chi connectivity index (χ3v) is 5.58. The summed E-state index contributed by atoms with van der Waals surface area (Å²) in [5.41, 5.74) is 6.70. The van der Waals surface area contributed by atoms with Gasteiger partial charge in [-0.2, -0.15) is 5.10 Å². The van der Waals surface area contributed by atoms with Gasteiger partial charge in [-0.3, -0.25) is 14.8 Å². The van der Waals surface area contributed by atoms with Crippen LogP contribution in [-0.4, -0.2) is 23.2 Å². The number of hydrazone groups is 1. The minimum atomic E-state index is -0.633. The fourth-order valence-electron chi connectivity index (χ4n) is 3.77. The van der Waals surface area contributed by atoms with Crippen LogP contribution in [0.2, 0.25) is 0 Å². The Balaban J connectivity index is 1.61. The van der Waals surface area contributed by atoms with Crippen LogP contribution in [-0.2, 0) is 4.79 Å². The van der Waals surface area contributed by atoms with Gasteiger partial charge in [-0.05, 0) is 59.4 Å². The molecular weight excluding hydrogens is 330 g/mol. The average molecular weight is 353 g/mol. The van der Waals surface area contributed by atoms with E-state index in [2.05, 4.69) is 30.5 Å². The third-order valence-electron chi connectivity index (χ3n) is 5.58. The SMILES string of the molecule is CC1(C)C2CC=C(C=NNC(=O)c3cccc(C=CC(=O)NO)c3)C1C2. The maximum absolute atomic E-state index is 12.3. The number of nitrogens with zero attached hydrogens (tertiary/aromatic N) is 1. The minimum absolute atomic E-state index is 0.315. The second kappa shape index (κ2) is 7.25. The smallest absolute Gasteiger partial charge is 0.271 e. The lowest BCUT2D eigenvalue weighted by atomic mass is 9.49. The molecule has 0 aromatic heterocycles. The molecule has 3 aliphatic rings. The molecule has 0 saturated heterocycles. The van der Waals surface area contributed by atoms with Crippen LogP contribution in [0.5, 0.6) is 0 Å². The maximum atomic E-state index is 12.3. The van der Waals surface area contributed by atoms with Crippen molar-refractivity contribution in [2.75, 3.05) is 0 Å². The first kappa shape index (κ1) is 18.1. The van der Waals surface area contributed by atoms with Gasteiger partial charge in [-0.25, -0.2) is 10.9 Å². The molecule has 1 aromatic rings. The van der Waals surface area contributed by atoms with E-state index in [9.17, 15) is 9.59 Å². The van der Waals surface area contributed by atoms with Crippen molar-refractivity contribution in [3.63, 3.8) is 0 Å². The Morgan fingerprint density at radius 2 is 2.15 bits per heavy atom. The van der Waals surface area contributed by atoms with Crippen molar-refractivity contribution in [1.82, 2.24) is 10.9 Å². The van der Waals surface area contributed by atoms with Crippen LogP contribution in [0.3, 0.4) is 0 Å². The number of carbonyl (C=O) groups excluding carboxylic acids is 2. The molecule has 1 saturated carbocycles. The van der Waals surface area contributed by atoms with Gasteiger partial charge in [0.15, 0.2) is 0 Å². The number of hydrogen-bond acceptors (Lipinski definition) is 4. The van der Waals surface area contributed by atoms with E-state index in [1.54, 1.807) is 30.5 Å². The van der Waals surface area contributed by atoms with Gasteiger partial charge in [-0.15, -0.1) is 0 Å². The predicted molar refractivity (Wildman–Crippen MR) is 99.4 cm³/mol. The van der Waals surface area contributed by atoms with E-state index in [-0.39, 0.29) is 5.91 Å². The van der Waals surface area contributed by atoms with Crippen molar-refractivity contribution in [3.05, 3.63) is 53.1 Å². The highest BCUT2D eigenvalue weighted by Gasteiger charge is 2.50. The lowest BCUT2D eigenvalue weighted by molar-refractivity contribution is -0.124. The van der Waals surface area contributed by atoms with Gasteiger partial charge in [0.05, 0.1) is 6.21 Å². The molecule has 0 heterocycles. The highest BCUT2D eigenvalue weighted by Crippen LogP contribution is 2.58. The summed E-state index contributed by atoms with van der Waals surface area (Å²) in [6, 6.07) is 6.79. The summed E-state index contributed by atoms with van der Waals surface area (Å²) >= 11 is 0. The summed E-state index contributed by atoms with van der Waals surface area (Å²) in [5.74, 6) is 0.340. The van der Waals surface area contributed by atoms with Gasteiger partial charge < -0.3 is 0 Å². The number of allylic oxidation sites excluding steroid dienone is 2. The van der Waals surface area contributed by atoms with Crippen LogP contribution < -0.4 is 10.9 Å². The van der Waals surface area contributed by atoms with E-state index < -0.39 is 5.91 Å². The van der Waals surface area contributed by atoms with E-state index in [0.717, 1.165) is 12.3 Å². The lowest BCUT2D eigenvalue weighted by Gasteiger charge is -2.55. The fraction of sp³-hybridized carbons (Fsp3) is 0.350. The predicted octanol–water partition coefficient (Wildman–Crippen LogP) is 2.91. The molecule has 4 rings (SSSR count). The first-order valence-electron chi connectivity index (χ1n) is 8.67. The second-order valence-corrected chi connectivity index (χ2v) is 7.38. The van der Waals surface area contributed by atoms with Crippen LogP contribution >= 0.6 is 0 Å². The maximum Gasteiger partial charge on any atom is 0.271 e. The highest BCUT2D eigenvalue weighted by atomic mass is 16.5. The molecule has 3 aliphatic carbocycles. The van der Waals surface area contributed by atoms with E-state index >= 15 is 0 Å². The van der Waals surface area contributed by atoms with E-state index in [0.29, 0.717) is 22.5 Å². The Labute approximate surface area is 152 Å². The second-order valence-electron chi connectivity index (χ2n) is 7.38. The summed E-state index contributed by atoms with van der Waals surface area (Å²) in [6.07, 6.45) is 8.95. The Morgan fingerprint density at radius 1 is 1.35 bits per heavy atom. The fourth-order valence-corrected chi connectivity index (χ4v) is 3.77. The number of hydrogen-bond donors (Lipinski definition) is 3. The third kappa shape index (κ3) is 3.60. The van der Waals surface area contributed by atoms with Gasteiger partial charge in [0.1, 0.15) is 0 Å². The quantitative estimate of drug-likeness (QED) is 0.329. The van der Waals surface area contributed by atoms with Gasteiger partial charge in [-0.1, -0.05) is 32.1 Å². The van der Waals surface area contributed by atoms with Crippen LogP contribution in [0.1, 0.15) is 42.6 Å². The molecule has 0 spiro atoms. The van der Waals surface area contributed by atoms with Crippen molar-refractivity contribution in [3.8, 4) is 0 Å². The summed E-state index contributed by atoms with van der Waals surface area (Å²) in [7, 11) is 0. The normalized spacial score (nSPS) is 23.4. The molecule has 0 radical (unpaired) electrons. The van der Waals surface area contributed by atoms with Crippen molar-refractivity contribution in [2.24, 2.45) is 22.4 Å². The summed E-state index contributed by atoms with van der Waals surface area (Å²) < 4.78 is 0. The molecule has 1 fully saturated rings. The molecular formula is C20H23N3O3. The monoisotopic (exact) mass is 353 g/mol. The topological polar surface area (TPSA) is 90.8 Å². The number of fused-ring (bicyclic) bond motifs is 1. The zero-order chi connectivity index (χ0) is 18.7. The molecule has 136 valence electrons. The largest absolute Gasteiger partial charge is 0.288 e. The van der Waals surface area contributed by atoms with Gasteiger partial charge in [0.2, 0.25) is 0 Å². The lowest BCUT2D eigenvalue weighted by Crippen LogP contribution is -2.48.